The van der Waals surface area contributed by atoms with Crippen LogP contribution in [-0.2, 0) is 0 Å². The Morgan fingerprint density at radius 1 is 1.21 bits per heavy atom. The average Bonchev–Trinajstić information content (AvgIpc) is 3.35. The molecule has 8 heteroatoms. The number of hydrogen-bond donors (Lipinski definition) is 1. The van der Waals surface area contributed by atoms with Gasteiger partial charge in [-0.15, -0.1) is 5.10 Å². The number of nitrogens with one attached hydrogen (secondary N) is 1. The number of rotatable bonds is 3. The number of pyridine rings is 2. The SMILES string of the molecule is Cc1cc(-c2c[nH]c(=O)c3c2nnn3[C@@H](C)c2ccc3ncccc3c2)sn1. The lowest BCUT2D eigenvalue weighted by Gasteiger charge is -2.13. The van der Waals surface area contributed by atoms with E-state index < -0.39 is 0 Å². The molecule has 0 spiro atoms. The molecule has 0 aliphatic heterocycles. The molecular weight excluding hydrogens is 372 g/mol. The van der Waals surface area contributed by atoms with Gasteiger partial charge in [0.2, 0.25) is 0 Å². The van der Waals surface area contributed by atoms with Gasteiger partial charge in [0.1, 0.15) is 5.52 Å². The van der Waals surface area contributed by atoms with Gasteiger partial charge in [-0.1, -0.05) is 17.3 Å². The fraction of sp³-hybridized carbons (Fsp3) is 0.150. The normalized spacial score (nSPS) is 12.6. The molecule has 0 amide bonds. The summed E-state index contributed by atoms with van der Waals surface area (Å²) in [6.07, 6.45) is 3.46. The first-order valence-corrected chi connectivity index (χ1v) is 9.64. The van der Waals surface area contributed by atoms with Gasteiger partial charge in [-0.25, -0.2) is 4.68 Å². The Morgan fingerprint density at radius 3 is 2.93 bits per heavy atom. The van der Waals surface area contributed by atoms with Crippen LogP contribution in [0.25, 0.3) is 32.4 Å². The molecule has 7 nitrogen and oxygen atoms in total. The van der Waals surface area contributed by atoms with Crippen molar-refractivity contribution in [2.75, 3.05) is 0 Å². The van der Waals surface area contributed by atoms with E-state index >= 15 is 0 Å². The highest BCUT2D eigenvalue weighted by molar-refractivity contribution is 7.09. The standard InChI is InChI=1S/C20H16N6OS/c1-11-8-17(28-24-11)15-10-22-20(27)19-18(15)23-25-26(19)12(2)13-5-6-16-14(9-13)4-3-7-21-16/h3-10,12H,1-2H3,(H,22,27)/t12-/m0/s1. The number of aryl methyl sites for hydroxylation is 1. The molecule has 0 aliphatic carbocycles. The molecule has 28 heavy (non-hydrogen) atoms. The lowest BCUT2D eigenvalue weighted by atomic mass is 10.1. The van der Waals surface area contributed by atoms with Crippen molar-refractivity contribution >= 4 is 33.5 Å². The van der Waals surface area contributed by atoms with Crippen LogP contribution in [0.2, 0.25) is 0 Å². The Hall–Kier alpha value is -3.39. The topological polar surface area (TPSA) is 89.4 Å². The van der Waals surface area contributed by atoms with Gasteiger partial charge in [0.05, 0.1) is 22.1 Å². The van der Waals surface area contributed by atoms with Crippen molar-refractivity contribution in [1.29, 1.82) is 0 Å². The lowest BCUT2D eigenvalue weighted by Crippen LogP contribution is -2.15. The molecule has 1 aromatic carbocycles. The van der Waals surface area contributed by atoms with Gasteiger partial charge in [0.15, 0.2) is 5.52 Å². The Labute approximate surface area is 163 Å². The molecular formula is C20H16N6OS. The van der Waals surface area contributed by atoms with Crippen LogP contribution < -0.4 is 5.56 Å². The summed E-state index contributed by atoms with van der Waals surface area (Å²) >= 11 is 1.38. The predicted molar refractivity (Wildman–Crippen MR) is 110 cm³/mol. The molecule has 1 atom stereocenters. The van der Waals surface area contributed by atoms with Crippen molar-refractivity contribution in [1.82, 2.24) is 29.3 Å². The zero-order chi connectivity index (χ0) is 19.3. The van der Waals surface area contributed by atoms with Crippen LogP contribution >= 0.6 is 11.5 Å². The maximum Gasteiger partial charge on any atom is 0.275 e. The van der Waals surface area contributed by atoms with Crippen LogP contribution in [0.1, 0.15) is 24.2 Å². The lowest BCUT2D eigenvalue weighted by molar-refractivity contribution is 0.559. The van der Waals surface area contributed by atoms with E-state index in [9.17, 15) is 4.79 Å². The summed E-state index contributed by atoms with van der Waals surface area (Å²) in [6, 6.07) is 11.8. The summed E-state index contributed by atoms with van der Waals surface area (Å²) < 4.78 is 6.01. The van der Waals surface area contributed by atoms with Crippen LogP contribution in [0.3, 0.4) is 0 Å². The van der Waals surface area contributed by atoms with E-state index in [-0.39, 0.29) is 11.6 Å². The third kappa shape index (κ3) is 2.61. The Morgan fingerprint density at radius 2 is 2.11 bits per heavy atom. The molecule has 0 saturated heterocycles. The molecule has 0 unspecified atom stereocenters. The van der Waals surface area contributed by atoms with Crippen LogP contribution in [0, 0.1) is 6.92 Å². The second-order valence-electron chi connectivity index (χ2n) is 6.73. The van der Waals surface area contributed by atoms with Gasteiger partial charge < -0.3 is 4.98 Å². The monoisotopic (exact) mass is 388 g/mol. The van der Waals surface area contributed by atoms with Gasteiger partial charge >= 0.3 is 0 Å². The van der Waals surface area contributed by atoms with E-state index in [1.165, 1.54) is 11.5 Å². The van der Waals surface area contributed by atoms with E-state index in [2.05, 4.69) is 30.7 Å². The predicted octanol–water partition coefficient (Wildman–Crippen LogP) is 3.71. The maximum absolute atomic E-state index is 12.6. The van der Waals surface area contributed by atoms with Gasteiger partial charge in [0.25, 0.3) is 5.56 Å². The fourth-order valence-corrected chi connectivity index (χ4v) is 4.18. The number of H-pyrrole nitrogens is 1. The van der Waals surface area contributed by atoms with Crippen LogP contribution in [0.15, 0.2) is 53.6 Å². The number of aromatic amines is 1. The van der Waals surface area contributed by atoms with Crippen molar-refractivity contribution in [3.8, 4) is 10.4 Å². The van der Waals surface area contributed by atoms with E-state index in [0.29, 0.717) is 11.0 Å². The Balaban J connectivity index is 1.67. The highest BCUT2D eigenvalue weighted by Crippen LogP contribution is 2.30. The summed E-state index contributed by atoms with van der Waals surface area (Å²) in [5.41, 5.74) is 4.57. The molecule has 4 heterocycles. The van der Waals surface area contributed by atoms with E-state index in [1.54, 1.807) is 17.1 Å². The molecule has 0 aliphatic rings. The highest BCUT2D eigenvalue weighted by atomic mass is 32.1. The smallest absolute Gasteiger partial charge is 0.275 e. The van der Waals surface area contributed by atoms with Gasteiger partial charge in [-0.2, -0.15) is 4.37 Å². The number of benzene rings is 1. The second-order valence-corrected chi connectivity index (χ2v) is 7.53. The number of nitrogens with zero attached hydrogens (tertiary/aromatic N) is 5. The minimum Gasteiger partial charge on any atom is -0.326 e. The Bertz CT molecular complexity index is 1380. The third-order valence-electron chi connectivity index (χ3n) is 4.88. The Kier molecular flexibility index (Phi) is 3.80. The summed E-state index contributed by atoms with van der Waals surface area (Å²) in [4.78, 5) is 20.8. The molecule has 0 bridgehead atoms. The molecule has 0 saturated carbocycles. The maximum atomic E-state index is 12.6. The van der Waals surface area contributed by atoms with Crippen molar-refractivity contribution in [3.05, 3.63) is 70.4 Å². The molecule has 5 rings (SSSR count). The van der Waals surface area contributed by atoms with Crippen molar-refractivity contribution in [3.63, 3.8) is 0 Å². The van der Waals surface area contributed by atoms with Crippen LogP contribution in [0.4, 0.5) is 0 Å². The summed E-state index contributed by atoms with van der Waals surface area (Å²) in [5.74, 6) is 0. The van der Waals surface area contributed by atoms with Crippen LogP contribution in [-0.4, -0.2) is 29.3 Å². The molecule has 0 radical (unpaired) electrons. The molecule has 0 fully saturated rings. The van der Waals surface area contributed by atoms with E-state index in [0.717, 1.165) is 32.6 Å². The first-order valence-electron chi connectivity index (χ1n) is 8.87. The van der Waals surface area contributed by atoms with Crippen molar-refractivity contribution < 1.29 is 0 Å². The molecule has 1 N–H and O–H groups in total. The largest absolute Gasteiger partial charge is 0.326 e. The first-order chi connectivity index (χ1) is 13.6. The molecule has 138 valence electrons. The summed E-state index contributed by atoms with van der Waals surface area (Å²) in [7, 11) is 0. The van der Waals surface area contributed by atoms with E-state index in [1.807, 2.05) is 44.2 Å². The molecule has 4 aromatic heterocycles. The summed E-state index contributed by atoms with van der Waals surface area (Å²) in [6.45, 7) is 3.95. The van der Waals surface area contributed by atoms with Crippen molar-refractivity contribution in [2.24, 2.45) is 0 Å². The summed E-state index contributed by atoms with van der Waals surface area (Å²) in [5, 5.41) is 9.70. The quantitative estimate of drug-likeness (QED) is 0.509. The van der Waals surface area contributed by atoms with Crippen molar-refractivity contribution in [2.45, 2.75) is 19.9 Å². The second kappa shape index (κ2) is 6.35. The average molecular weight is 388 g/mol. The fourth-order valence-electron chi connectivity index (χ4n) is 3.41. The van der Waals surface area contributed by atoms with Crippen LogP contribution in [0.5, 0.6) is 0 Å². The van der Waals surface area contributed by atoms with Gasteiger partial charge in [0, 0.05) is 23.3 Å². The zero-order valence-corrected chi connectivity index (χ0v) is 16.1. The number of aromatic nitrogens is 6. The van der Waals surface area contributed by atoms with E-state index in [4.69, 9.17) is 0 Å². The minimum atomic E-state index is -0.209. The van der Waals surface area contributed by atoms with Gasteiger partial charge in [-0.05, 0) is 55.2 Å². The molecule has 5 aromatic rings. The number of hydrogen-bond acceptors (Lipinski definition) is 6. The number of fused-ring (bicyclic) bond motifs is 2. The minimum absolute atomic E-state index is 0.158. The highest BCUT2D eigenvalue weighted by Gasteiger charge is 2.20. The zero-order valence-electron chi connectivity index (χ0n) is 15.2. The first kappa shape index (κ1) is 16.8. The van der Waals surface area contributed by atoms with Gasteiger partial charge in [-0.3, -0.25) is 9.78 Å². The third-order valence-corrected chi connectivity index (χ3v) is 5.80.